The number of aliphatic hydroxyl groups excluding tert-OH is 2. The average molecular weight is 1920 g/mol. The van der Waals surface area contributed by atoms with Crippen molar-refractivity contribution in [1.82, 2.24) is 10.6 Å². The second-order valence-electron chi connectivity index (χ2n) is 38.1. The first-order valence-corrected chi connectivity index (χ1v) is 46.6. The van der Waals surface area contributed by atoms with Gasteiger partial charge in [0.2, 0.25) is 12.2 Å². The Morgan fingerprint density at radius 3 is 1.07 bits per heavy atom. The van der Waals surface area contributed by atoms with Crippen LogP contribution in [0, 0.1) is 45.3 Å². The fraction of sp³-hybridized carbons (Fsp3) is 0.481. The van der Waals surface area contributed by atoms with Gasteiger partial charge in [-0.05, 0) is 161 Å². The van der Waals surface area contributed by atoms with E-state index in [-0.39, 0.29) is 83.1 Å². The minimum absolute atomic E-state index is 0.000214. The zero-order chi connectivity index (χ0) is 98.1. The SMILES string of the molecule is CCC(Br)C(=O)O[C@@H](C(=O)O[C@H]1C[C@@]2(O)[C@@H](OC(=O)c3ccccc3)[C@@H]3[C@]4(OC(C)=O)CC[C@@H]4C[C@H](O)[C@@]3(C)C(=O)[C@H](OC(C)=O)C(=C1C)C2(C)C)[C@@H](NC(=O)c1ccccc1)c1ccccc1.CCCC(=O)O[C@@H](C(=O)O[C@H]1C[C@@]2(O)[C@@H](OC(=O)c3ccccc3)[C@@H]3[C@]4(OC(C)=O)CC[C@@H]4C[C@H](O)[C@@]3(C)C(=O)[C@H](OC(C)=O)C(=C1C)C2(C)C)[C@@H](NC(=O)c1ccccc1)c1ccccc1. The summed E-state index contributed by atoms with van der Waals surface area (Å²) in [6.45, 7) is 20.5. The van der Waals surface area contributed by atoms with Gasteiger partial charge in [0.05, 0.1) is 46.0 Å². The molecule has 0 heterocycles. The number of carbonyl (C=O) groups is 14. The number of fused-ring (bicyclic) bond motifs is 10. The van der Waals surface area contributed by atoms with Crippen molar-refractivity contribution in [2.45, 2.75) is 268 Å². The van der Waals surface area contributed by atoms with Gasteiger partial charge in [-0.25, -0.2) is 19.2 Å². The van der Waals surface area contributed by atoms with Crippen molar-refractivity contribution in [3.05, 3.63) is 238 Å². The molecule has 14 rings (SSSR count). The van der Waals surface area contributed by atoms with E-state index in [2.05, 4.69) is 26.6 Å². The van der Waals surface area contributed by atoms with E-state index in [4.69, 9.17) is 47.4 Å². The molecule has 6 aromatic rings. The fourth-order valence-electron chi connectivity index (χ4n) is 22.4. The number of ketones is 2. The Kier molecular flexibility index (Phi) is 29.6. The summed E-state index contributed by atoms with van der Waals surface area (Å²) in [5, 5.41) is 58.0. The number of aliphatic hydroxyl groups is 4. The van der Waals surface area contributed by atoms with Crippen molar-refractivity contribution >= 4 is 99.0 Å². The molecule has 718 valence electrons. The van der Waals surface area contributed by atoms with Crippen LogP contribution in [0.4, 0.5) is 0 Å². The summed E-state index contributed by atoms with van der Waals surface area (Å²) in [5.41, 5.74) is -13.4. The van der Waals surface area contributed by atoms with Crippen LogP contribution < -0.4 is 10.6 Å². The highest BCUT2D eigenvalue weighted by Gasteiger charge is 2.80. The second kappa shape index (κ2) is 39.8. The van der Waals surface area contributed by atoms with Crippen LogP contribution >= 0.6 is 15.9 Å². The third-order valence-electron chi connectivity index (χ3n) is 29.7. The van der Waals surface area contributed by atoms with E-state index in [1.807, 2.05) is 0 Å². The molecule has 0 radical (unpaired) electrons. The van der Waals surface area contributed by atoms with Gasteiger partial charge in [0.15, 0.2) is 23.8 Å². The number of benzene rings is 6. The Morgan fingerprint density at radius 2 is 0.763 bits per heavy atom. The van der Waals surface area contributed by atoms with E-state index >= 15 is 19.2 Å². The van der Waals surface area contributed by atoms with Crippen LogP contribution in [-0.2, 0) is 95.3 Å². The lowest BCUT2D eigenvalue weighted by molar-refractivity contribution is -0.296. The van der Waals surface area contributed by atoms with Crippen molar-refractivity contribution in [3.63, 3.8) is 0 Å². The molecule has 6 N–H and O–H groups in total. The maximum Gasteiger partial charge on any atom is 0.350 e. The van der Waals surface area contributed by atoms with Gasteiger partial charge in [-0.1, -0.05) is 191 Å². The molecule has 31 heteroatoms. The second-order valence-corrected chi connectivity index (χ2v) is 39.2. The Balaban J connectivity index is 0.000000229. The van der Waals surface area contributed by atoms with Gasteiger partial charge in [-0.2, -0.15) is 0 Å². The highest BCUT2D eigenvalue weighted by molar-refractivity contribution is 9.10. The summed E-state index contributed by atoms with van der Waals surface area (Å²) in [6, 6.07) is 46.4. The van der Waals surface area contributed by atoms with E-state index in [0.717, 1.165) is 13.8 Å². The maximum atomic E-state index is 15.7. The van der Waals surface area contributed by atoms with Gasteiger partial charge in [-0.3, -0.25) is 47.9 Å². The van der Waals surface area contributed by atoms with Crippen LogP contribution in [0.3, 0.4) is 0 Å². The smallest absolute Gasteiger partial charge is 0.350 e. The maximum absolute atomic E-state index is 15.7. The number of amides is 2. The summed E-state index contributed by atoms with van der Waals surface area (Å²) < 4.78 is 62.0. The van der Waals surface area contributed by atoms with Crippen molar-refractivity contribution in [3.8, 4) is 0 Å². The molecule has 1 unspecified atom stereocenters. The van der Waals surface area contributed by atoms with Gasteiger partial charge in [0.1, 0.15) is 63.7 Å². The quantitative estimate of drug-likeness (QED) is 0.0127. The Bertz CT molecular complexity index is 5600. The number of esters is 10. The van der Waals surface area contributed by atoms with Crippen LogP contribution in [0.1, 0.15) is 232 Å². The molecule has 0 aromatic heterocycles. The van der Waals surface area contributed by atoms with Crippen LogP contribution in [0.2, 0.25) is 0 Å². The Labute approximate surface area is 791 Å². The third kappa shape index (κ3) is 18.7. The molecule has 8 aliphatic carbocycles. The minimum Gasteiger partial charge on any atom is -0.458 e. The predicted molar refractivity (Wildman–Crippen MR) is 487 cm³/mol. The molecule has 0 saturated heterocycles. The molecule has 30 nitrogen and oxygen atoms in total. The first kappa shape index (κ1) is 101. The minimum atomic E-state index is -2.39. The third-order valence-corrected chi connectivity index (χ3v) is 30.7. The number of hydrogen-bond donors (Lipinski definition) is 6. The molecular weight excluding hydrogens is 1810 g/mol. The monoisotopic (exact) mass is 1920 g/mol. The zero-order valence-corrected chi connectivity index (χ0v) is 79.5. The van der Waals surface area contributed by atoms with Crippen molar-refractivity contribution in [2.75, 3.05) is 0 Å². The number of ether oxygens (including phenoxy) is 10. The highest BCUT2D eigenvalue weighted by atomic mass is 79.9. The summed E-state index contributed by atoms with van der Waals surface area (Å²) in [5.74, 6) is -15.8. The van der Waals surface area contributed by atoms with E-state index in [1.54, 1.807) is 213 Å². The summed E-state index contributed by atoms with van der Waals surface area (Å²) in [4.78, 5) is 197. The molecule has 8 aliphatic rings. The number of halogens is 1. The number of nitrogens with one attached hydrogen (secondary N) is 2. The van der Waals surface area contributed by atoms with Crippen LogP contribution in [-0.4, -0.2) is 192 Å². The Morgan fingerprint density at radius 1 is 0.437 bits per heavy atom. The lowest BCUT2D eigenvalue weighted by atomic mass is 9.41. The van der Waals surface area contributed by atoms with Gasteiger partial charge < -0.3 is 78.4 Å². The molecule has 4 bridgehead atoms. The molecular formula is C104H117BrN2O28. The lowest BCUT2D eigenvalue weighted by Gasteiger charge is -2.68. The summed E-state index contributed by atoms with van der Waals surface area (Å²) in [7, 11) is 0. The topological polar surface area (TPSA) is 436 Å². The molecule has 6 aromatic carbocycles. The molecule has 6 fully saturated rings. The molecule has 0 aliphatic heterocycles. The van der Waals surface area contributed by atoms with Gasteiger partial charge in [0.25, 0.3) is 11.8 Å². The number of hydrogen-bond acceptors (Lipinski definition) is 28. The van der Waals surface area contributed by atoms with Gasteiger partial charge >= 0.3 is 59.7 Å². The summed E-state index contributed by atoms with van der Waals surface area (Å²) in [6.07, 6.45) is -16.1. The lowest BCUT2D eigenvalue weighted by Crippen LogP contribution is -2.78. The highest BCUT2D eigenvalue weighted by Crippen LogP contribution is 2.70. The van der Waals surface area contributed by atoms with E-state index < -0.39 is 242 Å². The first-order valence-electron chi connectivity index (χ1n) is 45.7. The first-order chi connectivity index (χ1) is 63.8. The normalized spacial score (nSPS) is 30.4. The zero-order valence-electron chi connectivity index (χ0n) is 77.9. The molecule has 0 spiro atoms. The average Bonchev–Trinajstić information content (AvgIpc) is 0.670. The van der Waals surface area contributed by atoms with E-state index in [1.165, 1.54) is 52.0 Å². The van der Waals surface area contributed by atoms with Crippen LogP contribution in [0.15, 0.2) is 204 Å². The van der Waals surface area contributed by atoms with E-state index in [0.29, 0.717) is 30.4 Å². The van der Waals surface area contributed by atoms with Gasteiger partial charge in [-0.15, -0.1) is 0 Å². The number of alkyl halides is 1. The van der Waals surface area contributed by atoms with Crippen molar-refractivity contribution in [2.24, 2.45) is 45.3 Å². The van der Waals surface area contributed by atoms with E-state index in [9.17, 15) is 68.4 Å². The number of carbonyl (C=O) groups excluding carboxylic acids is 14. The van der Waals surface area contributed by atoms with Crippen molar-refractivity contribution in [1.29, 1.82) is 0 Å². The fourth-order valence-corrected chi connectivity index (χ4v) is 22.5. The summed E-state index contributed by atoms with van der Waals surface area (Å²) >= 11 is 3.31. The Hall–Kier alpha value is -11.9. The number of Topliss-reactive ketones (excluding diaryl/α,β-unsaturated/α-hetero) is 2. The predicted octanol–water partition coefficient (Wildman–Crippen LogP) is 12.6. The molecule has 6 saturated carbocycles. The van der Waals surface area contributed by atoms with Gasteiger partial charge in [0, 0.05) is 80.8 Å². The van der Waals surface area contributed by atoms with Crippen LogP contribution in [0.25, 0.3) is 0 Å². The molecule has 2 amide bonds. The standard InChI is InChI=1S/C52H58BrNO14.C52H59NO14/c1-8-35(53)47(61)66-41(39(31-18-12-9-13-19-31)54-45(59)32-20-14-10-15-21-32)48(62)65-36-27-52(63)44(67-46(60)33-22-16-11-17-23-33)42-50(7,37(57)26-34-24-25-51(34,42)68-30(4)56)43(58)40(64-29(3)55)38(28(36)2)49(52,5)6;1-8-18-38(57)65-42(40(32-19-12-9-13-20-32)53-46(59)33-21-14-10-15-22-33)48(61)64-36-28-52(62)45(66-47(60)34-23-16-11-17-24-34)43-50(7,37(56)27-35-25-26-51(35,43)67-31(4)55)44(58)41(63-30(3)54)39(29(36)2)49(52,5)6/h9-23,34-37,39-42,44,57,63H,8,24-27H2,1-7H3,(H,54,59);9-17,19-24,35-37,40-43,45,56,62H,8,18,25-28H2,1-7H3,(H,53,59)/t34-,35?,36+,37+,39+,40-,41-,42+,44+,50-,51+,52-;35-,36+,37+,40+,41-,42-,43+,45+,50-,51+,52-/m11/s1. The number of rotatable bonds is 26. The molecule has 135 heavy (non-hydrogen) atoms. The van der Waals surface area contributed by atoms with Crippen molar-refractivity contribution < 1.29 is 135 Å². The largest absolute Gasteiger partial charge is 0.458 e. The molecule has 23 atom stereocenters. The van der Waals surface area contributed by atoms with Crippen LogP contribution in [0.5, 0.6) is 0 Å².